The Morgan fingerprint density at radius 3 is 3.00 bits per heavy atom. The van der Waals surface area contributed by atoms with Gasteiger partial charge in [-0.1, -0.05) is 18.6 Å². The van der Waals surface area contributed by atoms with Gasteiger partial charge in [0.15, 0.2) is 0 Å². The van der Waals surface area contributed by atoms with Crippen LogP contribution < -0.4 is 5.73 Å². The van der Waals surface area contributed by atoms with E-state index in [-0.39, 0.29) is 0 Å². The molecule has 3 rings (SSSR count). The first kappa shape index (κ1) is 11.2. The van der Waals surface area contributed by atoms with Crippen molar-refractivity contribution in [1.82, 2.24) is 4.98 Å². The zero-order valence-corrected chi connectivity index (χ0v) is 10.7. The Morgan fingerprint density at radius 2 is 2.18 bits per heavy atom. The Hall–Kier alpha value is -0.930. The fourth-order valence-electron chi connectivity index (χ4n) is 2.77. The van der Waals surface area contributed by atoms with Crippen molar-refractivity contribution in [1.29, 1.82) is 0 Å². The number of para-hydroxylation sites is 1. The van der Waals surface area contributed by atoms with Gasteiger partial charge in [0.05, 0.1) is 15.2 Å². The fraction of sp³-hybridized carbons (Fsp3) is 0.500. The molecule has 1 saturated carbocycles. The van der Waals surface area contributed by atoms with Crippen LogP contribution in [0.25, 0.3) is 10.2 Å². The number of hydrogen-bond donors (Lipinski definition) is 1. The zero-order valence-electron chi connectivity index (χ0n) is 9.93. The van der Waals surface area contributed by atoms with Gasteiger partial charge in [-0.25, -0.2) is 4.98 Å². The van der Waals surface area contributed by atoms with Crippen LogP contribution in [0, 0.1) is 5.92 Å². The molecule has 1 aliphatic carbocycles. The Bertz CT molecular complexity index is 473. The molecule has 2 atom stereocenters. The number of rotatable bonds is 2. The quantitative estimate of drug-likeness (QED) is 0.882. The van der Waals surface area contributed by atoms with E-state index in [9.17, 15) is 0 Å². The standard InChI is InChI=1S/C14H18N2S/c15-11-5-3-4-10(8-11)9-14-16-12-6-1-2-7-13(12)17-14/h1-2,6-7,10-11H,3-5,8-9,15H2. The van der Waals surface area contributed by atoms with Gasteiger partial charge < -0.3 is 5.73 Å². The summed E-state index contributed by atoms with van der Waals surface area (Å²) in [5.41, 5.74) is 7.18. The van der Waals surface area contributed by atoms with Gasteiger partial charge in [-0.3, -0.25) is 0 Å². The van der Waals surface area contributed by atoms with Gasteiger partial charge in [0, 0.05) is 12.5 Å². The number of nitrogens with two attached hydrogens (primary N) is 1. The Kier molecular flexibility index (Phi) is 3.12. The predicted molar refractivity (Wildman–Crippen MR) is 73.3 cm³/mol. The second-order valence-corrected chi connectivity index (χ2v) is 6.19. The molecular formula is C14H18N2S. The fourth-order valence-corrected chi connectivity index (χ4v) is 3.85. The van der Waals surface area contributed by atoms with E-state index in [2.05, 4.69) is 24.3 Å². The number of thiazole rings is 1. The monoisotopic (exact) mass is 246 g/mol. The van der Waals surface area contributed by atoms with E-state index < -0.39 is 0 Å². The van der Waals surface area contributed by atoms with E-state index in [0.29, 0.717) is 6.04 Å². The Labute approximate surface area is 106 Å². The highest BCUT2D eigenvalue weighted by molar-refractivity contribution is 7.18. The summed E-state index contributed by atoms with van der Waals surface area (Å²) in [6.07, 6.45) is 6.11. The lowest BCUT2D eigenvalue weighted by molar-refractivity contribution is 0.321. The van der Waals surface area contributed by atoms with Gasteiger partial charge in [-0.05, 0) is 37.3 Å². The van der Waals surface area contributed by atoms with Crippen molar-refractivity contribution < 1.29 is 0 Å². The highest BCUT2D eigenvalue weighted by atomic mass is 32.1. The Balaban J connectivity index is 1.75. The average molecular weight is 246 g/mol. The third-order valence-corrected chi connectivity index (χ3v) is 4.68. The molecule has 0 amide bonds. The summed E-state index contributed by atoms with van der Waals surface area (Å²) in [5.74, 6) is 0.749. The van der Waals surface area contributed by atoms with Gasteiger partial charge in [-0.2, -0.15) is 0 Å². The van der Waals surface area contributed by atoms with Crippen LogP contribution in [0.1, 0.15) is 30.7 Å². The number of fused-ring (bicyclic) bond motifs is 1. The highest BCUT2D eigenvalue weighted by Crippen LogP contribution is 2.29. The number of aromatic nitrogens is 1. The van der Waals surface area contributed by atoms with E-state index in [0.717, 1.165) is 17.9 Å². The summed E-state index contributed by atoms with van der Waals surface area (Å²) in [6.45, 7) is 0. The molecule has 0 spiro atoms. The second-order valence-electron chi connectivity index (χ2n) is 5.07. The van der Waals surface area contributed by atoms with Gasteiger partial charge in [0.25, 0.3) is 0 Å². The van der Waals surface area contributed by atoms with E-state index in [1.807, 2.05) is 11.3 Å². The molecule has 2 nitrogen and oxygen atoms in total. The first-order valence-corrected chi connectivity index (χ1v) is 7.23. The molecule has 1 aliphatic rings. The summed E-state index contributed by atoms with van der Waals surface area (Å²) in [4.78, 5) is 4.71. The molecule has 0 aliphatic heterocycles. The molecule has 17 heavy (non-hydrogen) atoms. The summed E-state index contributed by atoms with van der Waals surface area (Å²) in [7, 11) is 0. The number of benzene rings is 1. The Morgan fingerprint density at radius 1 is 1.29 bits per heavy atom. The second kappa shape index (κ2) is 4.75. The van der Waals surface area contributed by atoms with Gasteiger partial charge in [0.2, 0.25) is 0 Å². The smallest absolute Gasteiger partial charge is 0.0941 e. The van der Waals surface area contributed by atoms with Gasteiger partial charge >= 0.3 is 0 Å². The molecule has 1 aromatic carbocycles. The zero-order chi connectivity index (χ0) is 11.7. The van der Waals surface area contributed by atoms with E-state index in [1.165, 1.54) is 35.4 Å². The molecule has 90 valence electrons. The van der Waals surface area contributed by atoms with Crippen molar-refractivity contribution in [3.05, 3.63) is 29.3 Å². The van der Waals surface area contributed by atoms with Crippen LogP contribution in [-0.2, 0) is 6.42 Å². The lowest BCUT2D eigenvalue weighted by atomic mass is 9.84. The molecule has 2 N–H and O–H groups in total. The summed E-state index contributed by atoms with van der Waals surface area (Å²) < 4.78 is 1.31. The largest absolute Gasteiger partial charge is 0.328 e. The number of nitrogens with zero attached hydrogens (tertiary/aromatic N) is 1. The maximum atomic E-state index is 6.04. The average Bonchev–Trinajstić information content (AvgIpc) is 2.71. The lowest BCUT2D eigenvalue weighted by Gasteiger charge is -2.25. The molecule has 1 heterocycles. The van der Waals surface area contributed by atoms with Crippen molar-refractivity contribution in [2.45, 2.75) is 38.1 Å². The molecule has 1 aromatic heterocycles. The minimum Gasteiger partial charge on any atom is -0.328 e. The molecule has 2 aromatic rings. The topological polar surface area (TPSA) is 38.9 Å². The molecule has 2 unspecified atom stereocenters. The van der Waals surface area contributed by atoms with Crippen molar-refractivity contribution >= 4 is 21.6 Å². The van der Waals surface area contributed by atoms with Gasteiger partial charge in [0.1, 0.15) is 0 Å². The van der Waals surface area contributed by atoms with Crippen molar-refractivity contribution in [2.75, 3.05) is 0 Å². The molecule has 3 heteroatoms. The van der Waals surface area contributed by atoms with E-state index >= 15 is 0 Å². The molecule has 0 saturated heterocycles. The predicted octanol–water partition coefficient (Wildman–Crippen LogP) is 3.36. The summed E-state index contributed by atoms with van der Waals surface area (Å²) in [6, 6.07) is 8.82. The van der Waals surface area contributed by atoms with Gasteiger partial charge in [-0.15, -0.1) is 11.3 Å². The van der Waals surface area contributed by atoms with Crippen LogP contribution in [0.5, 0.6) is 0 Å². The molecular weight excluding hydrogens is 228 g/mol. The SMILES string of the molecule is NC1CCCC(Cc2nc3ccccc3s2)C1. The summed E-state index contributed by atoms with van der Waals surface area (Å²) >= 11 is 1.84. The number of hydrogen-bond acceptors (Lipinski definition) is 3. The van der Waals surface area contributed by atoms with Crippen molar-refractivity contribution in [3.63, 3.8) is 0 Å². The third kappa shape index (κ3) is 2.50. The van der Waals surface area contributed by atoms with Crippen LogP contribution in [0.2, 0.25) is 0 Å². The van der Waals surface area contributed by atoms with E-state index in [1.54, 1.807) is 0 Å². The van der Waals surface area contributed by atoms with Crippen molar-refractivity contribution in [3.8, 4) is 0 Å². The minimum absolute atomic E-state index is 0.420. The minimum atomic E-state index is 0.420. The molecule has 0 radical (unpaired) electrons. The molecule has 0 bridgehead atoms. The van der Waals surface area contributed by atoms with Crippen LogP contribution in [0.3, 0.4) is 0 Å². The third-order valence-electron chi connectivity index (χ3n) is 3.62. The van der Waals surface area contributed by atoms with Crippen LogP contribution in [0.15, 0.2) is 24.3 Å². The normalized spacial score (nSPS) is 25.2. The maximum absolute atomic E-state index is 6.04. The van der Waals surface area contributed by atoms with Crippen LogP contribution >= 0.6 is 11.3 Å². The lowest BCUT2D eigenvalue weighted by Crippen LogP contribution is -2.28. The molecule has 1 fully saturated rings. The first-order valence-electron chi connectivity index (χ1n) is 6.41. The maximum Gasteiger partial charge on any atom is 0.0941 e. The van der Waals surface area contributed by atoms with Crippen LogP contribution in [-0.4, -0.2) is 11.0 Å². The highest BCUT2D eigenvalue weighted by Gasteiger charge is 2.20. The van der Waals surface area contributed by atoms with Crippen molar-refractivity contribution in [2.24, 2.45) is 11.7 Å². The summed E-state index contributed by atoms with van der Waals surface area (Å²) in [5, 5.41) is 1.28. The van der Waals surface area contributed by atoms with Crippen LogP contribution in [0.4, 0.5) is 0 Å². The van der Waals surface area contributed by atoms with E-state index in [4.69, 9.17) is 10.7 Å². The first-order chi connectivity index (χ1) is 8.31.